The number of hydrogen-bond donors (Lipinski definition) is 0. The van der Waals surface area contributed by atoms with E-state index in [-0.39, 0.29) is 5.25 Å². The van der Waals surface area contributed by atoms with Gasteiger partial charge in [0, 0.05) is 38.6 Å². The molecule has 0 spiro atoms. The number of rotatable bonds is 3. The molecule has 0 N–H and O–H groups in total. The Labute approximate surface area is 113 Å². The molecule has 19 heavy (non-hydrogen) atoms. The van der Waals surface area contributed by atoms with E-state index in [1.165, 1.54) is 0 Å². The summed E-state index contributed by atoms with van der Waals surface area (Å²) in [6.07, 6.45) is 5.90. The van der Waals surface area contributed by atoms with Crippen molar-refractivity contribution in [2.24, 2.45) is 0 Å². The largest absolute Gasteiger partial charge is 0.339 e. The van der Waals surface area contributed by atoms with Crippen molar-refractivity contribution < 1.29 is 8.42 Å². The van der Waals surface area contributed by atoms with Crippen molar-refractivity contribution in [3.05, 3.63) is 18.5 Å². The third-order valence-corrected chi connectivity index (χ3v) is 5.99. The van der Waals surface area contributed by atoms with E-state index in [2.05, 4.69) is 14.9 Å². The first kappa shape index (κ1) is 12.8. The van der Waals surface area contributed by atoms with Gasteiger partial charge in [0.15, 0.2) is 0 Å². The molecule has 7 heteroatoms. The van der Waals surface area contributed by atoms with Gasteiger partial charge in [-0.3, -0.25) is 0 Å². The molecule has 1 saturated heterocycles. The maximum absolute atomic E-state index is 12.2. The van der Waals surface area contributed by atoms with Crippen LogP contribution in [-0.4, -0.2) is 54.1 Å². The molecule has 0 amide bonds. The maximum Gasteiger partial charge on any atom is 0.225 e. The molecule has 0 radical (unpaired) electrons. The van der Waals surface area contributed by atoms with Gasteiger partial charge in [-0.15, -0.1) is 0 Å². The van der Waals surface area contributed by atoms with Gasteiger partial charge >= 0.3 is 0 Å². The molecule has 2 fully saturated rings. The summed E-state index contributed by atoms with van der Waals surface area (Å²) >= 11 is 0. The van der Waals surface area contributed by atoms with Gasteiger partial charge < -0.3 is 4.90 Å². The first-order valence-electron chi connectivity index (χ1n) is 6.69. The fourth-order valence-corrected chi connectivity index (χ4v) is 4.25. The van der Waals surface area contributed by atoms with Gasteiger partial charge in [-0.2, -0.15) is 4.31 Å². The molecule has 2 heterocycles. The first-order valence-corrected chi connectivity index (χ1v) is 8.19. The van der Waals surface area contributed by atoms with Crippen LogP contribution in [0, 0.1) is 0 Å². The van der Waals surface area contributed by atoms with E-state index in [1.54, 1.807) is 22.8 Å². The van der Waals surface area contributed by atoms with Crippen LogP contribution in [0.1, 0.15) is 19.3 Å². The van der Waals surface area contributed by atoms with Gasteiger partial charge in [-0.05, 0) is 25.3 Å². The third-order valence-electron chi connectivity index (χ3n) is 3.60. The lowest BCUT2D eigenvalue weighted by Gasteiger charge is -2.21. The highest BCUT2D eigenvalue weighted by molar-refractivity contribution is 7.90. The van der Waals surface area contributed by atoms with Crippen molar-refractivity contribution in [1.82, 2.24) is 14.3 Å². The summed E-state index contributed by atoms with van der Waals surface area (Å²) in [6, 6.07) is 1.78. The standard InChI is InChI=1S/C12H18N4O2S/c17-19(18,11-3-4-11)16-8-2-7-15(9-10-16)12-13-5-1-6-14-12/h1,5-6,11H,2-4,7-10H2. The van der Waals surface area contributed by atoms with Crippen LogP contribution in [0.15, 0.2) is 18.5 Å². The fraction of sp³-hybridized carbons (Fsp3) is 0.667. The van der Waals surface area contributed by atoms with Gasteiger partial charge in [0.2, 0.25) is 16.0 Å². The van der Waals surface area contributed by atoms with Crippen LogP contribution >= 0.6 is 0 Å². The summed E-state index contributed by atoms with van der Waals surface area (Å²) in [5, 5.41) is -0.118. The van der Waals surface area contributed by atoms with Gasteiger partial charge in [-0.25, -0.2) is 18.4 Å². The quantitative estimate of drug-likeness (QED) is 0.807. The average Bonchev–Trinajstić information content (AvgIpc) is 3.26. The lowest BCUT2D eigenvalue weighted by molar-refractivity contribution is 0.432. The van der Waals surface area contributed by atoms with E-state index in [1.807, 2.05) is 0 Å². The zero-order valence-electron chi connectivity index (χ0n) is 10.8. The Morgan fingerprint density at radius 1 is 1.05 bits per heavy atom. The zero-order chi connectivity index (χ0) is 13.3. The van der Waals surface area contributed by atoms with Crippen LogP contribution in [0.25, 0.3) is 0 Å². The summed E-state index contributed by atoms with van der Waals surface area (Å²) < 4.78 is 26.1. The van der Waals surface area contributed by atoms with Crippen LogP contribution in [0.2, 0.25) is 0 Å². The minimum Gasteiger partial charge on any atom is -0.339 e. The molecule has 0 unspecified atom stereocenters. The smallest absolute Gasteiger partial charge is 0.225 e. The summed E-state index contributed by atoms with van der Waals surface area (Å²) in [5.74, 6) is 0.688. The molecule has 1 aliphatic heterocycles. The van der Waals surface area contributed by atoms with Gasteiger partial charge in [-0.1, -0.05) is 0 Å². The molecule has 2 aliphatic rings. The Balaban J connectivity index is 1.69. The Morgan fingerprint density at radius 2 is 1.79 bits per heavy atom. The Morgan fingerprint density at radius 3 is 2.47 bits per heavy atom. The highest BCUT2D eigenvalue weighted by Crippen LogP contribution is 2.31. The number of anilines is 1. The SMILES string of the molecule is O=S(=O)(C1CC1)N1CCCN(c2ncccn2)CC1. The topological polar surface area (TPSA) is 66.4 Å². The predicted molar refractivity (Wildman–Crippen MR) is 72.4 cm³/mol. The summed E-state index contributed by atoms with van der Waals surface area (Å²) in [6.45, 7) is 2.62. The molecule has 6 nitrogen and oxygen atoms in total. The van der Waals surface area contributed by atoms with Crippen molar-refractivity contribution in [2.45, 2.75) is 24.5 Å². The third kappa shape index (κ3) is 2.71. The summed E-state index contributed by atoms with van der Waals surface area (Å²) in [5.41, 5.74) is 0. The van der Waals surface area contributed by atoms with E-state index in [0.717, 1.165) is 25.8 Å². The van der Waals surface area contributed by atoms with Crippen molar-refractivity contribution in [3.63, 3.8) is 0 Å². The lowest BCUT2D eigenvalue weighted by atomic mass is 10.4. The number of sulfonamides is 1. The minimum atomic E-state index is -3.05. The molecule has 104 valence electrons. The van der Waals surface area contributed by atoms with E-state index in [9.17, 15) is 8.42 Å². The Hall–Kier alpha value is -1.21. The summed E-state index contributed by atoms with van der Waals surface area (Å²) in [7, 11) is -3.05. The second-order valence-corrected chi connectivity index (χ2v) is 7.25. The minimum absolute atomic E-state index is 0.118. The first-order chi connectivity index (χ1) is 9.18. The fourth-order valence-electron chi connectivity index (χ4n) is 2.38. The van der Waals surface area contributed by atoms with Gasteiger partial charge in [0.1, 0.15) is 0 Å². The molecule has 1 aromatic rings. The molecular formula is C12H18N4O2S. The van der Waals surface area contributed by atoms with Crippen molar-refractivity contribution >= 4 is 16.0 Å². The van der Waals surface area contributed by atoms with Crippen LogP contribution in [0.5, 0.6) is 0 Å². The number of aromatic nitrogens is 2. The van der Waals surface area contributed by atoms with Crippen LogP contribution in [-0.2, 0) is 10.0 Å². The molecule has 3 rings (SSSR count). The normalized spacial score (nSPS) is 22.2. The highest BCUT2D eigenvalue weighted by atomic mass is 32.2. The molecule has 1 aromatic heterocycles. The monoisotopic (exact) mass is 282 g/mol. The second kappa shape index (κ2) is 5.05. The second-order valence-electron chi connectivity index (χ2n) is 5.03. The molecule has 1 saturated carbocycles. The average molecular weight is 282 g/mol. The molecule has 1 aliphatic carbocycles. The van der Waals surface area contributed by atoms with Crippen molar-refractivity contribution in [3.8, 4) is 0 Å². The molecular weight excluding hydrogens is 264 g/mol. The lowest BCUT2D eigenvalue weighted by Crippen LogP contribution is -2.37. The van der Waals surface area contributed by atoms with E-state index in [4.69, 9.17) is 0 Å². The van der Waals surface area contributed by atoms with E-state index in [0.29, 0.717) is 25.6 Å². The van der Waals surface area contributed by atoms with Crippen LogP contribution < -0.4 is 4.90 Å². The van der Waals surface area contributed by atoms with Gasteiger partial charge in [0.25, 0.3) is 0 Å². The van der Waals surface area contributed by atoms with Crippen molar-refractivity contribution in [1.29, 1.82) is 0 Å². The highest BCUT2D eigenvalue weighted by Gasteiger charge is 2.40. The van der Waals surface area contributed by atoms with E-state index >= 15 is 0 Å². The van der Waals surface area contributed by atoms with Crippen LogP contribution in [0.4, 0.5) is 5.95 Å². The maximum atomic E-state index is 12.2. The van der Waals surface area contributed by atoms with Crippen LogP contribution in [0.3, 0.4) is 0 Å². The van der Waals surface area contributed by atoms with Crippen molar-refractivity contribution in [2.75, 3.05) is 31.1 Å². The Kier molecular flexibility index (Phi) is 3.40. The molecule has 0 atom stereocenters. The number of hydrogen-bond acceptors (Lipinski definition) is 5. The number of nitrogens with zero attached hydrogens (tertiary/aromatic N) is 4. The van der Waals surface area contributed by atoms with E-state index < -0.39 is 10.0 Å². The molecule has 0 aromatic carbocycles. The molecule has 0 bridgehead atoms. The zero-order valence-corrected chi connectivity index (χ0v) is 11.6. The predicted octanol–water partition coefficient (Wildman–Crippen LogP) is 0.481. The summed E-state index contributed by atoms with van der Waals surface area (Å²) in [4.78, 5) is 10.5. The Bertz CT molecular complexity index is 530. The van der Waals surface area contributed by atoms with Gasteiger partial charge in [0.05, 0.1) is 5.25 Å².